The average molecular weight is 477 g/mol. The quantitative estimate of drug-likeness (QED) is 0.637. The van der Waals surface area contributed by atoms with Gasteiger partial charge in [-0.2, -0.15) is 5.10 Å². The number of piperidine rings is 1. The number of nitrogens with zero attached hydrogens (tertiary/aromatic N) is 2. The molecule has 0 radical (unpaired) electrons. The summed E-state index contributed by atoms with van der Waals surface area (Å²) in [4.78, 5) is 13.1. The first-order valence-electron chi connectivity index (χ1n) is 11.3. The summed E-state index contributed by atoms with van der Waals surface area (Å²) in [6.45, 7) is 13.2. The molecule has 1 aromatic carbocycles. The van der Waals surface area contributed by atoms with Crippen LogP contribution < -0.4 is 15.4 Å². The lowest BCUT2D eigenvalue weighted by Crippen LogP contribution is -2.54. The Balaban J connectivity index is 1.80. The fraction of sp³-hybridized carbons (Fsp3) is 0.583. The molecule has 1 aliphatic rings. The van der Waals surface area contributed by atoms with Gasteiger partial charge in [-0.15, -0.1) is 0 Å². The number of hydrogen-bond acceptors (Lipinski definition) is 6. The molecule has 2 N–H and O–H groups in total. The molecular weight excluding hydrogens is 440 g/mol. The first-order valence-corrected chi connectivity index (χ1v) is 12.9. The Hall–Kier alpha value is -2.39. The van der Waals surface area contributed by atoms with E-state index in [9.17, 15) is 13.2 Å². The van der Waals surface area contributed by atoms with Crippen LogP contribution in [0.4, 0.5) is 0 Å². The first-order chi connectivity index (χ1) is 15.4. The van der Waals surface area contributed by atoms with Crippen molar-refractivity contribution >= 4 is 15.7 Å². The lowest BCUT2D eigenvalue weighted by atomic mass is 9.80. The third kappa shape index (κ3) is 5.41. The largest absolute Gasteiger partial charge is 0.497 e. The molecule has 1 amide bonds. The normalized spacial score (nSPS) is 18.2. The van der Waals surface area contributed by atoms with Crippen molar-refractivity contribution < 1.29 is 17.9 Å². The van der Waals surface area contributed by atoms with Crippen LogP contribution in [0.2, 0.25) is 0 Å². The van der Waals surface area contributed by atoms with Gasteiger partial charge < -0.3 is 15.4 Å². The maximum Gasteiger partial charge on any atom is 0.241 e. The van der Waals surface area contributed by atoms with E-state index in [0.717, 1.165) is 19.5 Å². The molecule has 182 valence electrons. The zero-order valence-corrected chi connectivity index (χ0v) is 21.5. The maximum atomic E-state index is 13.3. The van der Waals surface area contributed by atoms with Gasteiger partial charge in [0.15, 0.2) is 9.84 Å². The van der Waals surface area contributed by atoms with Gasteiger partial charge >= 0.3 is 0 Å². The van der Waals surface area contributed by atoms with Gasteiger partial charge in [-0.05, 0) is 69.3 Å². The third-order valence-corrected chi connectivity index (χ3v) is 8.54. The standard InChI is InChI=1S/C24H36N4O4S/c1-15-10-19(32-7)11-16(2)23(15)33(30,31)13-20-17(3)27-28(18(20)4)12-22(29)26-21-8-9-25-14-24(21,5)6/h10-11,21,25H,8-9,12-14H2,1-7H3,(H,26,29). The summed E-state index contributed by atoms with van der Waals surface area (Å²) in [6.07, 6.45) is 0.875. The summed E-state index contributed by atoms with van der Waals surface area (Å²) in [5.41, 5.74) is 3.22. The van der Waals surface area contributed by atoms with Crippen LogP contribution in [0, 0.1) is 33.1 Å². The number of sulfone groups is 1. The minimum absolute atomic E-state index is 0.0314. The van der Waals surface area contributed by atoms with Gasteiger partial charge in [0, 0.05) is 23.8 Å². The molecular formula is C24H36N4O4S. The molecule has 2 aromatic rings. The molecule has 9 heteroatoms. The Morgan fingerprint density at radius 2 is 1.88 bits per heavy atom. The van der Waals surface area contributed by atoms with Gasteiger partial charge in [0.05, 0.1) is 23.5 Å². The molecule has 3 rings (SSSR count). The lowest BCUT2D eigenvalue weighted by Gasteiger charge is -2.39. The van der Waals surface area contributed by atoms with Crippen LogP contribution >= 0.6 is 0 Å². The van der Waals surface area contributed by atoms with E-state index < -0.39 is 9.84 Å². The molecule has 1 fully saturated rings. The number of carbonyl (C=O) groups excluding carboxylic acids is 1. The van der Waals surface area contributed by atoms with Gasteiger partial charge in [0.1, 0.15) is 12.3 Å². The van der Waals surface area contributed by atoms with E-state index in [1.165, 1.54) is 0 Å². The lowest BCUT2D eigenvalue weighted by molar-refractivity contribution is -0.123. The van der Waals surface area contributed by atoms with Crippen molar-refractivity contribution in [3.05, 3.63) is 40.2 Å². The Morgan fingerprint density at radius 1 is 1.24 bits per heavy atom. The fourth-order valence-corrected chi connectivity index (χ4v) is 6.73. The number of aryl methyl sites for hydroxylation is 3. The van der Waals surface area contributed by atoms with Crippen LogP contribution in [-0.4, -0.2) is 50.3 Å². The minimum Gasteiger partial charge on any atom is -0.497 e. The van der Waals surface area contributed by atoms with Crippen LogP contribution in [0.3, 0.4) is 0 Å². The Labute approximate surface area is 197 Å². The number of carbonyl (C=O) groups is 1. The molecule has 1 saturated heterocycles. The minimum atomic E-state index is -3.61. The van der Waals surface area contributed by atoms with E-state index in [1.54, 1.807) is 44.7 Å². The molecule has 2 heterocycles. The number of rotatable bonds is 7. The number of ether oxygens (including phenoxy) is 1. The molecule has 1 unspecified atom stereocenters. The van der Waals surface area contributed by atoms with Crippen molar-refractivity contribution in [2.75, 3.05) is 20.2 Å². The smallest absolute Gasteiger partial charge is 0.241 e. The second-order valence-electron chi connectivity index (χ2n) is 9.73. The average Bonchev–Trinajstić information content (AvgIpc) is 2.95. The highest BCUT2D eigenvalue weighted by Gasteiger charge is 2.33. The van der Waals surface area contributed by atoms with Gasteiger partial charge in [0.2, 0.25) is 5.91 Å². The van der Waals surface area contributed by atoms with Crippen molar-refractivity contribution in [1.29, 1.82) is 0 Å². The summed E-state index contributed by atoms with van der Waals surface area (Å²) in [5, 5.41) is 11.0. The predicted molar refractivity (Wildman–Crippen MR) is 128 cm³/mol. The number of nitrogens with one attached hydrogen (secondary N) is 2. The Kier molecular flexibility index (Phi) is 7.24. The summed E-state index contributed by atoms with van der Waals surface area (Å²) >= 11 is 0. The van der Waals surface area contributed by atoms with E-state index in [-0.39, 0.29) is 29.7 Å². The van der Waals surface area contributed by atoms with Gasteiger partial charge in [-0.3, -0.25) is 9.48 Å². The van der Waals surface area contributed by atoms with E-state index in [4.69, 9.17) is 4.74 Å². The van der Waals surface area contributed by atoms with Crippen LogP contribution in [0.5, 0.6) is 5.75 Å². The van der Waals surface area contributed by atoms with E-state index in [0.29, 0.717) is 38.7 Å². The molecule has 0 spiro atoms. The SMILES string of the molecule is COc1cc(C)c(S(=O)(=O)Cc2c(C)nn(CC(=O)NC3CCNCC3(C)C)c2C)c(C)c1. The summed E-state index contributed by atoms with van der Waals surface area (Å²) in [5.74, 6) is 0.352. The number of benzene rings is 1. The number of hydrogen-bond donors (Lipinski definition) is 2. The molecule has 8 nitrogen and oxygen atoms in total. The summed E-state index contributed by atoms with van der Waals surface area (Å²) < 4.78 is 33.6. The Bertz CT molecular complexity index is 1130. The third-order valence-electron chi connectivity index (χ3n) is 6.61. The highest BCUT2D eigenvalue weighted by atomic mass is 32.2. The van der Waals surface area contributed by atoms with Crippen LogP contribution in [0.15, 0.2) is 17.0 Å². The van der Waals surface area contributed by atoms with Gasteiger partial charge in [-0.25, -0.2) is 8.42 Å². The predicted octanol–water partition coefficient (Wildman–Crippen LogP) is 2.60. The van der Waals surface area contributed by atoms with E-state index in [2.05, 4.69) is 29.6 Å². The summed E-state index contributed by atoms with van der Waals surface area (Å²) in [7, 11) is -2.05. The van der Waals surface area contributed by atoms with Crippen LogP contribution in [0.1, 0.15) is 48.3 Å². The zero-order chi connectivity index (χ0) is 24.6. The van der Waals surface area contributed by atoms with Crippen molar-refractivity contribution in [1.82, 2.24) is 20.4 Å². The highest BCUT2D eigenvalue weighted by molar-refractivity contribution is 7.90. The van der Waals surface area contributed by atoms with Crippen molar-refractivity contribution in [3.8, 4) is 5.75 Å². The molecule has 1 aliphatic heterocycles. The second-order valence-corrected chi connectivity index (χ2v) is 11.7. The van der Waals surface area contributed by atoms with Gasteiger partial charge in [-0.1, -0.05) is 13.8 Å². The number of aromatic nitrogens is 2. The maximum absolute atomic E-state index is 13.3. The molecule has 1 atom stereocenters. The summed E-state index contributed by atoms with van der Waals surface area (Å²) in [6, 6.07) is 3.55. The molecule has 0 bridgehead atoms. The van der Waals surface area contributed by atoms with Crippen LogP contribution in [0.25, 0.3) is 0 Å². The van der Waals surface area contributed by atoms with E-state index in [1.807, 2.05) is 6.92 Å². The molecule has 0 aliphatic carbocycles. The van der Waals surface area contributed by atoms with Crippen LogP contribution in [-0.2, 0) is 26.9 Å². The molecule has 33 heavy (non-hydrogen) atoms. The zero-order valence-electron chi connectivity index (χ0n) is 20.7. The second kappa shape index (κ2) is 9.46. The van der Waals surface area contributed by atoms with Crippen molar-refractivity contribution in [3.63, 3.8) is 0 Å². The number of amides is 1. The van der Waals surface area contributed by atoms with E-state index >= 15 is 0 Å². The fourth-order valence-electron chi connectivity index (χ4n) is 4.69. The monoisotopic (exact) mass is 476 g/mol. The first kappa shape index (κ1) is 25.2. The van der Waals surface area contributed by atoms with Gasteiger partial charge in [0.25, 0.3) is 0 Å². The topological polar surface area (TPSA) is 102 Å². The highest BCUT2D eigenvalue weighted by Crippen LogP contribution is 2.30. The molecule has 1 aromatic heterocycles. The van der Waals surface area contributed by atoms with Crippen molar-refractivity contribution in [2.45, 2.75) is 71.2 Å². The Morgan fingerprint density at radius 3 is 2.45 bits per heavy atom. The van der Waals surface area contributed by atoms with Crippen molar-refractivity contribution in [2.24, 2.45) is 5.41 Å². The molecule has 0 saturated carbocycles. The number of methoxy groups -OCH3 is 1.